The van der Waals surface area contributed by atoms with Gasteiger partial charge < -0.3 is 9.72 Å². The van der Waals surface area contributed by atoms with E-state index in [1.165, 1.54) is 7.11 Å². The third-order valence-corrected chi connectivity index (χ3v) is 3.83. The average Bonchev–Trinajstić information content (AvgIpc) is 2.89. The molecule has 1 aromatic heterocycles. The zero-order valence-corrected chi connectivity index (χ0v) is 12.5. The van der Waals surface area contributed by atoms with Gasteiger partial charge in [0.2, 0.25) is 0 Å². The van der Waals surface area contributed by atoms with Crippen LogP contribution in [-0.4, -0.2) is 23.0 Å². The number of aromatic amines is 1. The molecule has 4 nitrogen and oxygen atoms in total. The fourth-order valence-corrected chi connectivity index (χ4v) is 2.43. The molecule has 1 N–H and O–H groups in total. The molecule has 0 aliphatic rings. The summed E-state index contributed by atoms with van der Waals surface area (Å²) in [6.07, 6.45) is 0. The SMILES string of the molecule is COC(=O)c1ccccc1-c1nc2cc(Cl)c(Cl)cc2[nH]1. The van der Waals surface area contributed by atoms with Crippen LogP contribution in [-0.2, 0) is 4.74 Å². The summed E-state index contributed by atoms with van der Waals surface area (Å²) >= 11 is 12.0. The summed E-state index contributed by atoms with van der Waals surface area (Å²) in [4.78, 5) is 19.4. The molecule has 2 aromatic carbocycles. The van der Waals surface area contributed by atoms with E-state index in [1.54, 1.807) is 30.3 Å². The number of hydrogen-bond acceptors (Lipinski definition) is 3. The number of hydrogen-bond donors (Lipinski definition) is 1. The Morgan fingerprint density at radius 2 is 1.90 bits per heavy atom. The molecule has 0 saturated heterocycles. The van der Waals surface area contributed by atoms with E-state index >= 15 is 0 Å². The molecule has 0 aliphatic carbocycles. The van der Waals surface area contributed by atoms with Crippen LogP contribution in [0.2, 0.25) is 10.0 Å². The van der Waals surface area contributed by atoms with Crippen molar-refractivity contribution < 1.29 is 9.53 Å². The Bertz CT molecular complexity index is 804. The van der Waals surface area contributed by atoms with Crippen LogP contribution in [0, 0.1) is 0 Å². The van der Waals surface area contributed by atoms with Crippen LogP contribution in [0.25, 0.3) is 22.4 Å². The molecule has 0 atom stereocenters. The van der Waals surface area contributed by atoms with Gasteiger partial charge in [-0.15, -0.1) is 0 Å². The molecule has 1 heterocycles. The second-order valence-electron chi connectivity index (χ2n) is 4.41. The first kappa shape index (κ1) is 13.9. The summed E-state index contributed by atoms with van der Waals surface area (Å²) in [6, 6.07) is 10.5. The smallest absolute Gasteiger partial charge is 0.338 e. The highest BCUT2D eigenvalue weighted by molar-refractivity contribution is 6.42. The van der Waals surface area contributed by atoms with Gasteiger partial charge in [-0.1, -0.05) is 41.4 Å². The minimum atomic E-state index is -0.415. The van der Waals surface area contributed by atoms with Gasteiger partial charge in [0.05, 0.1) is 33.8 Å². The van der Waals surface area contributed by atoms with E-state index in [0.717, 1.165) is 5.52 Å². The van der Waals surface area contributed by atoms with Crippen LogP contribution in [0.1, 0.15) is 10.4 Å². The maximum atomic E-state index is 11.8. The number of benzene rings is 2. The molecular formula is C15H10Cl2N2O2. The first-order valence-corrected chi connectivity index (χ1v) is 6.88. The molecule has 0 radical (unpaired) electrons. The molecule has 0 amide bonds. The fourth-order valence-electron chi connectivity index (χ4n) is 2.11. The number of methoxy groups -OCH3 is 1. The van der Waals surface area contributed by atoms with E-state index in [4.69, 9.17) is 27.9 Å². The summed E-state index contributed by atoms with van der Waals surface area (Å²) in [6.45, 7) is 0. The van der Waals surface area contributed by atoms with Crippen LogP contribution in [0.5, 0.6) is 0 Å². The zero-order chi connectivity index (χ0) is 15.0. The number of nitrogens with zero attached hydrogens (tertiary/aromatic N) is 1. The number of ether oxygens (including phenoxy) is 1. The lowest BCUT2D eigenvalue weighted by atomic mass is 10.1. The Labute approximate surface area is 130 Å². The molecule has 0 fully saturated rings. The van der Waals surface area contributed by atoms with Crippen molar-refractivity contribution in [3.05, 3.63) is 52.0 Å². The third kappa shape index (κ3) is 2.48. The summed E-state index contributed by atoms with van der Waals surface area (Å²) in [5.74, 6) is 0.145. The predicted octanol–water partition coefficient (Wildman–Crippen LogP) is 4.32. The minimum Gasteiger partial charge on any atom is -0.465 e. The highest BCUT2D eigenvalue weighted by atomic mass is 35.5. The molecule has 0 aliphatic heterocycles. The van der Waals surface area contributed by atoms with E-state index in [0.29, 0.717) is 32.5 Å². The number of halogens is 2. The number of H-pyrrole nitrogens is 1. The Kier molecular flexibility index (Phi) is 3.57. The maximum Gasteiger partial charge on any atom is 0.338 e. The van der Waals surface area contributed by atoms with Gasteiger partial charge in [-0.25, -0.2) is 9.78 Å². The van der Waals surface area contributed by atoms with Crippen LogP contribution >= 0.6 is 23.2 Å². The average molecular weight is 321 g/mol. The van der Waals surface area contributed by atoms with E-state index < -0.39 is 5.97 Å². The number of rotatable bonds is 2. The van der Waals surface area contributed by atoms with Crippen LogP contribution < -0.4 is 0 Å². The minimum absolute atomic E-state index is 0.415. The zero-order valence-electron chi connectivity index (χ0n) is 11.0. The standard InChI is InChI=1S/C15H10Cl2N2O2/c1-21-15(20)9-5-3-2-4-8(9)14-18-12-6-10(16)11(17)7-13(12)19-14/h2-7H,1H3,(H,18,19). The van der Waals surface area contributed by atoms with Crippen molar-refractivity contribution in [2.45, 2.75) is 0 Å². The van der Waals surface area contributed by atoms with Crippen LogP contribution in [0.15, 0.2) is 36.4 Å². The number of fused-ring (bicyclic) bond motifs is 1. The van der Waals surface area contributed by atoms with Crippen molar-refractivity contribution in [1.29, 1.82) is 0 Å². The van der Waals surface area contributed by atoms with Gasteiger partial charge in [-0.3, -0.25) is 0 Å². The van der Waals surface area contributed by atoms with Gasteiger partial charge in [-0.05, 0) is 18.2 Å². The van der Waals surface area contributed by atoms with Gasteiger partial charge in [0.25, 0.3) is 0 Å². The molecule has 0 saturated carbocycles. The predicted molar refractivity (Wildman–Crippen MR) is 82.9 cm³/mol. The summed E-state index contributed by atoms with van der Waals surface area (Å²) in [5, 5.41) is 0.879. The molecule has 3 rings (SSSR count). The number of carbonyl (C=O) groups is 1. The lowest BCUT2D eigenvalue weighted by molar-refractivity contribution is 0.0601. The second kappa shape index (κ2) is 5.39. The van der Waals surface area contributed by atoms with E-state index in [9.17, 15) is 4.79 Å². The molecule has 106 valence electrons. The number of imidazole rings is 1. The molecule has 3 aromatic rings. The Balaban J connectivity index is 2.19. The lowest BCUT2D eigenvalue weighted by Gasteiger charge is -2.04. The van der Waals surface area contributed by atoms with Gasteiger partial charge in [-0.2, -0.15) is 0 Å². The van der Waals surface area contributed by atoms with Gasteiger partial charge in [0.1, 0.15) is 5.82 Å². The number of aromatic nitrogens is 2. The van der Waals surface area contributed by atoms with E-state index in [-0.39, 0.29) is 0 Å². The second-order valence-corrected chi connectivity index (χ2v) is 5.22. The normalized spacial score (nSPS) is 10.8. The molecule has 0 unspecified atom stereocenters. The number of carbonyl (C=O) groups excluding carboxylic acids is 1. The van der Waals surface area contributed by atoms with Crippen LogP contribution in [0.4, 0.5) is 0 Å². The quantitative estimate of drug-likeness (QED) is 0.715. The van der Waals surface area contributed by atoms with E-state index in [1.807, 2.05) is 6.07 Å². The third-order valence-electron chi connectivity index (χ3n) is 3.11. The molecule has 21 heavy (non-hydrogen) atoms. The Morgan fingerprint density at radius 3 is 2.67 bits per heavy atom. The van der Waals surface area contributed by atoms with Crippen molar-refractivity contribution in [2.75, 3.05) is 7.11 Å². The maximum absolute atomic E-state index is 11.8. The lowest BCUT2D eigenvalue weighted by Crippen LogP contribution is -2.03. The molecule has 0 bridgehead atoms. The molecular weight excluding hydrogens is 311 g/mol. The van der Waals surface area contributed by atoms with Gasteiger partial charge in [0.15, 0.2) is 0 Å². The summed E-state index contributed by atoms with van der Waals surface area (Å²) < 4.78 is 4.79. The summed E-state index contributed by atoms with van der Waals surface area (Å²) in [7, 11) is 1.34. The molecule has 0 spiro atoms. The van der Waals surface area contributed by atoms with E-state index in [2.05, 4.69) is 9.97 Å². The Morgan fingerprint density at radius 1 is 1.19 bits per heavy atom. The van der Waals surface area contributed by atoms with Gasteiger partial charge in [0, 0.05) is 5.56 Å². The van der Waals surface area contributed by atoms with Crippen molar-refractivity contribution in [2.24, 2.45) is 0 Å². The van der Waals surface area contributed by atoms with Crippen molar-refractivity contribution in [3.8, 4) is 11.4 Å². The highest BCUT2D eigenvalue weighted by Gasteiger charge is 2.16. The summed E-state index contributed by atoms with van der Waals surface area (Å²) in [5.41, 5.74) is 2.53. The monoisotopic (exact) mass is 320 g/mol. The van der Waals surface area contributed by atoms with Crippen LogP contribution in [0.3, 0.4) is 0 Å². The molecule has 6 heteroatoms. The first-order valence-electron chi connectivity index (χ1n) is 6.12. The largest absolute Gasteiger partial charge is 0.465 e. The van der Waals surface area contributed by atoms with Gasteiger partial charge >= 0.3 is 5.97 Å². The van der Waals surface area contributed by atoms with Crippen molar-refractivity contribution >= 4 is 40.2 Å². The topological polar surface area (TPSA) is 55.0 Å². The van der Waals surface area contributed by atoms with Crippen molar-refractivity contribution in [3.63, 3.8) is 0 Å². The number of esters is 1. The highest BCUT2D eigenvalue weighted by Crippen LogP contribution is 2.29. The first-order chi connectivity index (χ1) is 10.1. The Hall–Kier alpha value is -2.04. The van der Waals surface area contributed by atoms with Crippen molar-refractivity contribution in [1.82, 2.24) is 9.97 Å². The number of nitrogens with one attached hydrogen (secondary N) is 1. The fraction of sp³-hybridized carbons (Fsp3) is 0.0667.